The molecule has 0 aliphatic rings. The number of hydrogen-bond acceptors (Lipinski definition) is 5. The molecule has 0 heterocycles. The summed E-state index contributed by atoms with van der Waals surface area (Å²) in [7, 11) is 0. The number of rotatable bonds is 4. The fourth-order valence-electron chi connectivity index (χ4n) is 7.04. The lowest BCUT2D eigenvalue weighted by atomic mass is 9.74. The Balaban J connectivity index is 0.000000315. The molecule has 0 spiro atoms. The molecule has 4 aromatic rings. The number of benzene rings is 4. The van der Waals surface area contributed by atoms with Crippen molar-refractivity contribution >= 4 is 11.8 Å². The zero-order chi connectivity index (χ0) is 44.2. The Morgan fingerprint density at radius 1 is 0.386 bits per heavy atom. The monoisotopic (exact) mass is 797 g/mol. The number of phenols is 4. The SMILES string of the molecule is CC(c1cc(C(C)(C)C)cc(C(C)(C)C)c1O)c1cc(C(C)(C)C)cc(C(C)(C)C)c1O.Cc1cc(O)c(C(C)(C)C)cc1Sc1cc(C(C)(C)C)c(O)cc1C. The molecule has 0 amide bonds. The molecular weight excluding hydrogens is 721 g/mol. The van der Waals surface area contributed by atoms with Crippen molar-refractivity contribution in [2.75, 3.05) is 0 Å². The maximum atomic E-state index is 11.4. The van der Waals surface area contributed by atoms with Gasteiger partial charge < -0.3 is 20.4 Å². The van der Waals surface area contributed by atoms with Crippen LogP contribution in [0.1, 0.15) is 193 Å². The molecule has 0 saturated heterocycles. The van der Waals surface area contributed by atoms with E-state index in [1.807, 2.05) is 26.0 Å². The molecule has 4 aromatic carbocycles. The van der Waals surface area contributed by atoms with E-state index in [4.69, 9.17) is 0 Å². The molecule has 4 N–H and O–H groups in total. The van der Waals surface area contributed by atoms with E-state index < -0.39 is 0 Å². The normalized spacial score (nSPS) is 13.2. The highest BCUT2D eigenvalue weighted by molar-refractivity contribution is 7.99. The van der Waals surface area contributed by atoms with Crippen LogP contribution < -0.4 is 0 Å². The molecule has 0 unspecified atom stereocenters. The molecule has 4 nitrogen and oxygen atoms in total. The van der Waals surface area contributed by atoms with Gasteiger partial charge in [0.05, 0.1) is 0 Å². The summed E-state index contributed by atoms with van der Waals surface area (Å²) in [5.74, 6) is 1.24. The first-order valence-electron chi connectivity index (χ1n) is 20.6. The molecule has 0 radical (unpaired) electrons. The second kappa shape index (κ2) is 16.2. The quantitative estimate of drug-likeness (QED) is 0.165. The molecule has 0 fully saturated rings. The third kappa shape index (κ3) is 11.3. The van der Waals surface area contributed by atoms with Crippen LogP contribution in [0.15, 0.2) is 58.3 Å². The van der Waals surface area contributed by atoms with Gasteiger partial charge in [0, 0.05) is 38.0 Å². The second-order valence-electron chi connectivity index (χ2n) is 22.5. The summed E-state index contributed by atoms with van der Waals surface area (Å²) in [6, 6.07) is 16.5. The first-order chi connectivity index (χ1) is 25.5. The number of aromatic hydroxyl groups is 4. The van der Waals surface area contributed by atoms with Crippen LogP contribution in [0.2, 0.25) is 0 Å². The molecule has 0 atom stereocenters. The summed E-state index contributed by atoms with van der Waals surface area (Å²) in [6.07, 6.45) is 0. The predicted molar refractivity (Wildman–Crippen MR) is 246 cm³/mol. The third-order valence-electron chi connectivity index (χ3n) is 11.0. The molecule has 314 valence electrons. The van der Waals surface area contributed by atoms with Crippen LogP contribution in [0.3, 0.4) is 0 Å². The van der Waals surface area contributed by atoms with E-state index in [9.17, 15) is 20.4 Å². The van der Waals surface area contributed by atoms with E-state index in [0.717, 1.165) is 54.3 Å². The van der Waals surface area contributed by atoms with Gasteiger partial charge in [0.1, 0.15) is 23.0 Å². The second-order valence-corrected chi connectivity index (χ2v) is 23.6. The Kier molecular flexibility index (Phi) is 13.6. The Hall–Kier alpha value is -3.57. The van der Waals surface area contributed by atoms with Crippen LogP contribution in [-0.2, 0) is 32.5 Å². The molecule has 0 aliphatic carbocycles. The zero-order valence-electron chi connectivity index (χ0n) is 39.4. The highest BCUT2D eigenvalue weighted by Crippen LogP contribution is 2.47. The lowest BCUT2D eigenvalue weighted by Crippen LogP contribution is -2.19. The summed E-state index contributed by atoms with van der Waals surface area (Å²) >= 11 is 1.70. The molecule has 0 bridgehead atoms. The fourth-order valence-corrected chi connectivity index (χ4v) is 8.07. The van der Waals surface area contributed by atoms with Crippen molar-refractivity contribution in [2.45, 2.75) is 194 Å². The Morgan fingerprint density at radius 3 is 0.912 bits per heavy atom. The molecule has 57 heavy (non-hydrogen) atoms. The van der Waals surface area contributed by atoms with Gasteiger partial charge in [-0.3, -0.25) is 0 Å². The fraction of sp³-hybridized carbons (Fsp3) is 0.538. The summed E-state index contributed by atoms with van der Waals surface area (Å²) < 4.78 is 0. The smallest absolute Gasteiger partial charge is 0.123 e. The molecular formula is C52H76O4S. The zero-order valence-corrected chi connectivity index (χ0v) is 40.2. The van der Waals surface area contributed by atoms with Gasteiger partial charge in [0.25, 0.3) is 0 Å². The van der Waals surface area contributed by atoms with Crippen molar-refractivity contribution < 1.29 is 20.4 Å². The minimum absolute atomic E-state index is 0.0476. The molecule has 5 heteroatoms. The van der Waals surface area contributed by atoms with Crippen molar-refractivity contribution in [3.63, 3.8) is 0 Å². The van der Waals surface area contributed by atoms with Crippen LogP contribution in [-0.4, -0.2) is 20.4 Å². The van der Waals surface area contributed by atoms with Gasteiger partial charge in [-0.15, -0.1) is 0 Å². The van der Waals surface area contributed by atoms with Gasteiger partial charge in [-0.05, 0) is 104 Å². The van der Waals surface area contributed by atoms with Crippen molar-refractivity contribution in [3.05, 3.63) is 104 Å². The molecule has 4 rings (SSSR count). The topological polar surface area (TPSA) is 80.9 Å². The minimum Gasteiger partial charge on any atom is -0.508 e. The Bertz CT molecular complexity index is 1930. The third-order valence-corrected chi connectivity index (χ3v) is 12.3. The van der Waals surface area contributed by atoms with Gasteiger partial charge in [0.15, 0.2) is 0 Å². The summed E-state index contributed by atoms with van der Waals surface area (Å²) in [6.45, 7) is 44.8. The van der Waals surface area contributed by atoms with Gasteiger partial charge in [-0.2, -0.15) is 0 Å². The van der Waals surface area contributed by atoms with E-state index in [1.165, 1.54) is 11.1 Å². The number of aryl methyl sites for hydroxylation is 2. The van der Waals surface area contributed by atoms with Crippen molar-refractivity contribution in [3.8, 4) is 23.0 Å². The average molecular weight is 797 g/mol. The van der Waals surface area contributed by atoms with Crippen LogP contribution in [0, 0.1) is 13.8 Å². The van der Waals surface area contributed by atoms with E-state index in [-0.39, 0.29) is 38.4 Å². The van der Waals surface area contributed by atoms with Crippen molar-refractivity contribution in [1.82, 2.24) is 0 Å². The van der Waals surface area contributed by atoms with Crippen molar-refractivity contribution in [1.29, 1.82) is 0 Å². The molecule has 0 saturated carbocycles. The predicted octanol–water partition coefficient (Wildman–Crippen LogP) is 14.9. The standard InChI is InChI=1S/C30H46O2.C22H30O2S/c1-18(21-14-19(27(2,3)4)16-23(25(21)31)29(8,9)10)22-15-20(28(5,6)7)17-24(26(22)32)30(11,12)13;1-13-9-17(23)15(21(3,4)5)11-19(13)25-20-12-16(22(6,7)8)18(24)10-14(20)2/h14-18,31-32H,1-13H3;9-12,23-24H,1-8H3. The minimum atomic E-state index is -0.189. The van der Waals surface area contributed by atoms with Crippen LogP contribution in [0.5, 0.6) is 23.0 Å². The van der Waals surface area contributed by atoms with E-state index in [1.54, 1.807) is 11.8 Å². The van der Waals surface area contributed by atoms with Crippen LogP contribution in [0.4, 0.5) is 0 Å². The average Bonchev–Trinajstić information content (AvgIpc) is 3.00. The summed E-state index contributed by atoms with van der Waals surface area (Å²) in [4.78, 5) is 2.27. The summed E-state index contributed by atoms with van der Waals surface area (Å²) in [5.41, 5.74) is 9.37. The Morgan fingerprint density at radius 2 is 0.667 bits per heavy atom. The molecule has 0 aliphatic heterocycles. The lowest BCUT2D eigenvalue weighted by Gasteiger charge is -2.31. The maximum Gasteiger partial charge on any atom is 0.123 e. The van der Waals surface area contributed by atoms with E-state index in [2.05, 4.69) is 168 Å². The number of phenolic OH excluding ortho intramolecular Hbond substituents is 4. The van der Waals surface area contributed by atoms with Gasteiger partial charge in [-0.25, -0.2) is 0 Å². The first-order valence-corrected chi connectivity index (χ1v) is 21.4. The lowest BCUT2D eigenvalue weighted by molar-refractivity contribution is 0.427. The van der Waals surface area contributed by atoms with E-state index >= 15 is 0 Å². The van der Waals surface area contributed by atoms with Crippen molar-refractivity contribution in [2.24, 2.45) is 0 Å². The van der Waals surface area contributed by atoms with Crippen LogP contribution in [0.25, 0.3) is 0 Å². The highest BCUT2D eigenvalue weighted by atomic mass is 32.2. The van der Waals surface area contributed by atoms with Gasteiger partial charge in [-0.1, -0.05) is 168 Å². The van der Waals surface area contributed by atoms with E-state index in [0.29, 0.717) is 23.0 Å². The number of hydrogen-bond donors (Lipinski definition) is 4. The maximum absolute atomic E-state index is 11.4. The van der Waals surface area contributed by atoms with Crippen LogP contribution >= 0.6 is 11.8 Å². The summed E-state index contributed by atoms with van der Waals surface area (Å²) in [5, 5.41) is 43.5. The Labute approximate surface area is 351 Å². The highest BCUT2D eigenvalue weighted by Gasteiger charge is 2.31. The first kappa shape index (κ1) is 47.8. The van der Waals surface area contributed by atoms with Gasteiger partial charge >= 0.3 is 0 Å². The van der Waals surface area contributed by atoms with Gasteiger partial charge in [0.2, 0.25) is 0 Å². The molecule has 0 aromatic heterocycles. The largest absolute Gasteiger partial charge is 0.508 e.